The van der Waals surface area contributed by atoms with E-state index in [2.05, 4.69) is 94.5 Å². The summed E-state index contributed by atoms with van der Waals surface area (Å²) in [6.07, 6.45) is 38.3. The van der Waals surface area contributed by atoms with Crippen molar-refractivity contribution in [3.63, 3.8) is 0 Å². The zero-order chi connectivity index (χ0) is 41.3. The summed E-state index contributed by atoms with van der Waals surface area (Å²) in [7, 11) is 2.00. The molecule has 1 heterocycles. The van der Waals surface area contributed by atoms with Crippen molar-refractivity contribution in [1.29, 1.82) is 0 Å². The number of hydrogen-bond acceptors (Lipinski definition) is 5. The minimum Gasteiger partial charge on any atom is -0.490 e. The van der Waals surface area contributed by atoms with Crippen molar-refractivity contribution in [3.8, 4) is 23.0 Å². The number of hydrogen-bond donors (Lipinski definition) is 0. The first-order valence-electron chi connectivity index (χ1n) is 23.8. The summed E-state index contributed by atoms with van der Waals surface area (Å²) in [5.41, 5.74) is 4.08. The molecule has 3 rings (SSSR count). The van der Waals surface area contributed by atoms with Gasteiger partial charge in [0.1, 0.15) is 0 Å². The first-order chi connectivity index (χ1) is 28.6. The Hall–Kier alpha value is -3.67. The van der Waals surface area contributed by atoms with E-state index in [9.17, 15) is 0 Å². The van der Waals surface area contributed by atoms with Crippen LogP contribution in [0.1, 0.15) is 204 Å². The first-order valence-corrected chi connectivity index (χ1v) is 23.8. The third-order valence-corrected chi connectivity index (χ3v) is 10.8. The topological polar surface area (TPSA) is 54.7 Å². The fraction of sp³-hybridized carbons (Fsp3) is 0.635. The molecule has 0 aliphatic rings. The van der Waals surface area contributed by atoms with Crippen LogP contribution < -0.4 is 18.9 Å². The van der Waals surface area contributed by atoms with E-state index in [-0.39, 0.29) is 0 Å². The Balaban J connectivity index is 1.64. The van der Waals surface area contributed by atoms with E-state index >= 15 is 0 Å². The zero-order valence-electron chi connectivity index (χ0n) is 37.7. The molecular formula is C52H82N2O4. The Morgan fingerprint density at radius 1 is 0.397 bits per heavy atom. The standard InChI is InChI=1S/C52H82N2O4/c1-6-10-14-18-22-26-38-55-49-36-32-45(42-51(49)57-40-28-24-20-16-12-8-3)30-34-47-44-48(54(5)53-47)35-31-46-33-37-50(56-39-27-23-19-15-11-7-2)52(43-46)58-41-29-25-21-17-13-9-4/h30-37,42-44H,6-29,38-41H2,1-5H3/b34-30+,35-31+. The van der Waals surface area contributed by atoms with Crippen molar-refractivity contribution in [2.24, 2.45) is 7.05 Å². The maximum atomic E-state index is 6.35. The van der Waals surface area contributed by atoms with Gasteiger partial charge in [-0.3, -0.25) is 4.68 Å². The van der Waals surface area contributed by atoms with Gasteiger partial charge >= 0.3 is 0 Å². The van der Waals surface area contributed by atoms with Crippen LogP contribution in [0.5, 0.6) is 23.0 Å². The lowest BCUT2D eigenvalue weighted by Gasteiger charge is -2.14. The lowest BCUT2D eigenvalue weighted by atomic mass is 10.1. The maximum absolute atomic E-state index is 6.35. The Morgan fingerprint density at radius 3 is 1.14 bits per heavy atom. The van der Waals surface area contributed by atoms with E-state index in [1.54, 1.807) is 0 Å². The van der Waals surface area contributed by atoms with Crippen LogP contribution in [0.3, 0.4) is 0 Å². The first kappa shape index (κ1) is 48.7. The van der Waals surface area contributed by atoms with Crippen molar-refractivity contribution in [2.75, 3.05) is 26.4 Å². The third-order valence-electron chi connectivity index (χ3n) is 10.8. The summed E-state index contributed by atoms with van der Waals surface area (Å²) in [5, 5.41) is 4.80. The lowest BCUT2D eigenvalue weighted by Crippen LogP contribution is -2.03. The molecule has 0 spiro atoms. The summed E-state index contributed by atoms with van der Waals surface area (Å²) in [6, 6.07) is 14.7. The molecular weight excluding hydrogens is 717 g/mol. The fourth-order valence-corrected chi connectivity index (χ4v) is 7.08. The highest BCUT2D eigenvalue weighted by molar-refractivity contribution is 5.73. The van der Waals surface area contributed by atoms with Gasteiger partial charge < -0.3 is 18.9 Å². The number of benzene rings is 2. The SMILES string of the molecule is CCCCCCCCOc1ccc(/C=C/c2cc(/C=C/c3ccc(OCCCCCCCC)c(OCCCCCCCC)c3)n(C)n2)cc1OCCCCCCCC. The molecule has 324 valence electrons. The van der Waals surface area contributed by atoms with Gasteiger partial charge in [-0.2, -0.15) is 5.10 Å². The summed E-state index contributed by atoms with van der Waals surface area (Å²) >= 11 is 0. The van der Waals surface area contributed by atoms with E-state index in [1.165, 1.54) is 128 Å². The van der Waals surface area contributed by atoms with Gasteiger partial charge in [-0.25, -0.2) is 0 Å². The Kier molecular flexibility index (Phi) is 27.0. The number of ether oxygens (including phenoxy) is 4. The van der Waals surface area contributed by atoms with E-state index in [4.69, 9.17) is 24.0 Å². The minimum absolute atomic E-state index is 0.713. The summed E-state index contributed by atoms with van der Waals surface area (Å²) in [4.78, 5) is 0. The highest BCUT2D eigenvalue weighted by Crippen LogP contribution is 2.32. The van der Waals surface area contributed by atoms with Crippen LogP contribution in [-0.4, -0.2) is 36.2 Å². The average Bonchev–Trinajstić information content (AvgIpc) is 3.60. The maximum Gasteiger partial charge on any atom is 0.161 e. The zero-order valence-corrected chi connectivity index (χ0v) is 37.7. The number of nitrogens with zero attached hydrogens (tertiary/aromatic N) is 2. The summed E-state index contributed by atoms with van der Waals surface area (Å²) in [5.74, 6) is 3.36. The number of rotatable bonds is 36. The second kappa shape index (κ2) is 32.2. The van der Waals surface area contributed by atoms with Crippen molar-refractivity contribution in [2.45, 2.75) is 182 Å². The van der Waals surface area contributed by atoms with Gasteiger partial charge in [0.2, 0.25) is 0 Å². The van der Waals surface area contributed by atoms with Gasteiger partial charge in [-0.15, -0.1) is 0 Å². The molecule has 2 aromatic carbocycles. The van der Waals surface area contributed by atoms with Gasteiger partial charge in [0.15, 0.2) is 23.0 Å². The highest BCUT2D eigenvalue weighted by atomic mass is 16.5. The molecule has 0 saturated heterocycles. The largest absolute Gasteiger partial charge is 0.490 e. The molecule has 0 fully saturated rings. The number of aromatic nitrogens is 2. The summed E-state index contributed by atoms with van der Waals surface area (Å²) in [6.45, 7) is 11.9. The molecule has 0 radical (unpaired) electrons. The third kappa shape index (κ3) is 21.4. The monoisotopic (exact) mass is 799 g/mol. The molecule has 58 heavy (non-hydrogen) atoms. The van der Waals surface area contributed by atoms with E-state index < -0.39 is 0 Å². The smallest absolute Gasteiger partial charge is 0.161 e. The van der Waals surface area contributed by atoms with Crippen molar-refractivity contribution in [1.82, 2.24) is 9.78 Å². The van der Waals surface area contributed by atoms with Crippen LogP contribution >= 0.6 is 0 Å². The fourth-order valence-electron chi connectivity index (χ4n) is 7.08. The molecule has 0 aliphatic heterocycles. The van der Waals surface area contributed by atoms with Crippen molar-refractivity contribution in [3.05, 3.63) is 65.0 Å². The van der Waals surface area contributed by atoms with E-state index in [0.29, 0.717) is 13.2 Å². The molecule has 6 nitrogen and oxygen atoms in total. The molecule has 1 aromatic heterocycles. The van der Waals surface area contributed by atoms with E-state index in [0.717, 1.165) is 84.4 Å². The van der Waals surface area contributed by atoms with Crippen LogP contribution in [0.4, 0.5) is 0 Å². The van der Waals surface area contributed by atoms with Crippen LogP contribution in [-0.2, 0) is 7.05 Å². The molecule has 0 amide bonds. The molecule has 3 aromatic rings. The average molecular weight is 799 g/mol. The van der Waals surface area contributed by atoms with Crippen LogP contribution in [0, 0.1) is 0 Å². The van der Waals surface area contributed by atoms with E-state index in [1.807, 2.05) is 11.7 Å². The van der Waals surface area contributed by atoms with Gasteiger partial charge in [0.05, 0.1) is 37.8 Å². The minimum atomic E-state index is 0.713. The molecule has 0 saturated carbocycles. The Bertz CT molecular complexity index is 1530. The predicted octanol–water partition coefficient (Wildman–Crippen LogP) is 15.7. The molecule has 0 bridgehead atoms. The normalized spacial score (nSPS) is 11.6. The highest BCUT2D eigenvalue weighted by Gasteiger charge is 2.09. The molecule has 0 unspecified atom stereocenters. The molecule has 0 aliphatic carbocycles. The molecule has 0 N–H and O–H groups in total. The number of aryl methyl sites for hydroxylation is 1. The van der Waals surface area contributed by atoms with Crippen molar-refractivity contribution < 1.29 is 18.9 Å². The summed E-state index contributed by atoms with van der Waals surface area (Å²) < 4.78 is 27.1. The quantitative estimate of drug-likeness (QED) is 0.0549. The number of unbranched alkanes of at least 4 members (excludes halogenated alkanes) is 20. The predicted molar refractivity (Wildman–Crippen MR) is 249 cm³/mol. The molecule has 6 heteroatoms. The second-order valence-electron chi connectivity index (χ2n) is 16.2. The van der Waals surface area contributed by atoms with Gasteiger partial charge in [0.25, 0.3) is 0 Å². The second-order valence-corrected chi connectivity index (χ2v) is 16.2. The lowest BCUT2D eigenvalue weighted by molar-refractivity contribution is 0.258. The van der Waals surface area contributed by atoms with Crippen LogP contribution in [0.25, 0.3) is 24.3 Å². The van der Waals surface area contributed by atoms with Crippen LogP contribution in [0.2, 0.25) is 0 Å². The van der Waals surface area contributed by atoms with Gasteiger partial charge in [0, 0.05) is 7.05 Å². The van der Waals surface area contributed by atoms with Crippen LogP contribution in [0.15, 0.2) is 42.5 Å². The van der Waals surface area contributed by atoms with Crippen molar-refractivity contribution >= 4 is 24.3 Å². The Labute approximate surface area is 355 Å². The van der Waals surface area contributed by atoms with Gasteiger partial charge in [-0.05, 0) is 79.3 Å². The Morgan fingerprint density at radius 2 is 0.741 bits per heavy atom. The van der Waals surface area contributed by atoms with Gasteiger partial charge in [-0.1, -0.05) is 180 Å². The molecule has 0 atom stereocenters.